The van der Waals surface area contributed by atoms with E-state index < -0.39 is 0 Å². The lowest BCUT2D eigenvalue weighted by Gasteiger charge is -2.23. The minimum Gasteiger partial charge on any atom is -0.300 e. The van der Waals surface area contributed by atoms with Gasteiger partial charge in [0.25, 0.3) is 0 Å². The standard InChI is InChI=1S/C14H25NO2/c1-5-10(2)12(11(3)16)9-14(17)13-7-6-8-15(13)4/h10,12-13H,5-9H2,1-4H3. The van der Waals surface area contributed by atoms with Crippen molar-refractivity contribution in [3.63, 3.8) is 0 Å². The maximum atomic E-state index is 12.2. The molecule has 0 amide bonds. The number of carbonyl (C=O) groups is 2. The van der Waals surface area contributed by atoms with Crippen LogP contribution < -0.4 is 0 Å². The number of Topliss-reactive ketones (excluding diaryl/α,β-unsaturated/α-hetero) is 2. The zero-order valence-corrected chi connectivity index (χ0v) is 11.5. The van der Waals surface area contributed by atoms with Gasteiger partial charge in [0.05, 0.1) is 6.04 Å². The molecule has 0 aliphatic carbocycles. The lowest BCUT2D eigenvalue weighted by Crippen LogP contribution is -2.35. The van der Waals surface area contributed by atoms with Crippen LogP contribution in [0.25, 0.3) is 0 Å². The molecule has 3 unspecified atom stereocenters. The van der Waals surface area contributed by atoms with Gasteiger partial charge in [-0.15, -0.1) is 0 Å². The van der Waals surface area contributed by atoms with Gasteiger partial charge < -0.3 is 0 Å². The summed E-state index contributed by atoms with van der Waals surface area (Å²) in [6.45, 7) is 6.76. The molecule has 0 radical (unpaired) electrons. The van der Waals surface area contributed by atoms with Crippen molar-refractivity contribution in [2.24, 2.45) is 11.8 Å². The van der Waals surface area contributed by atoms with Gasteiger partial charge in [0.1, 0.15) is 5.78 Å². The summed E-state index contributed by atoms with van der Waals surface area (Å²) in [5, 5.41) is 0. The van der Waals surface area contributed by atoms with Gasteiger partial charge in [-0.1, -0.05) is 20.3 Å². The molecule has 1 saturated heterocycles. The van der Waals surface area contributed by atoms with Gasteiger partial charge in [-0.3, -0.25) is 14.5 Å². The molecule has 0 bridgehead atoms. The number of likely N-dealkylation sites (tertiary alicyclic amines) is 1. The Balaban J connectivity index is 2.61. The first-order chi connectivity index (χ1) is 7.97. The highest BCUT2D eigenvalue weighted by Gasteiger charge is 2.31. The molecule has 0 N–H and O–H groups in total. The normalized spacial score (nSPS) is 24.6. The molecule has 0 aromatic heterocycles. The molecule has 3 nitrogen and oxygen atoms in total. The van der Waals surface area contributed by atoms with Crippen molar-refractivity contribution in [3.05, 3.63) is 0 Å². The largest absolute Gasteiger partial charge is 0.300 e. The zero-order valence-electron chi connectivity index (χ0n) is 11.5. The van der Waals surface area contributed by atoms with Crippen LogP contribution in [0.3, 0.4) is 0 Å². The first-order valence-electron chi connectivity index (χ1n) is 6.70. The van der Waals surface area contributed by atoms with Crippen molar-refractivity contribution in [1.29, 1.82) is 0 Å². The topological polar surface area (TPSA) is 37.4 Å². The Bertz CT molecular complexity index is 288. The molecule has 0 aromatic rings. The van der Waals surface area contributed by atoms with Crippen molar-refractivity contribution >= 4 is 11.6 Å². The summed E-state index contributed by atoms with van der Waals surface area (Å²) < 4.78 is 0. The number of carbonyl (C=O) groups excluding carboxylic acids is 2. The Morgan fingerprint density at radius 3 is 2.47 bits per heavy atom. The van der Waals surface area contributed by atoms with Gasteiger partial charge in [-0.05, 0) is 39.3 Å². The number of hydrogen-bond acceptors (Lipinski definition) is 3. The van der Waals surface area contributed by atoms with E-state index in [1.807, 2.05) is 7.05 Å². The average molecular weight is 239 g/mol. The molecule has 0 aromatic carbocycles. The summed E-state index contributed by atoms with van der Waals surface area (Å²) in [6.07, 6.45) is 3.44. The molecule has 0 spiro atoms. The number of rotatable bonds is 6. The van der Waals surface area contributed by atoms with E-state index in [4.69, 9.17) is 0 Å². The van der Waals surface area contributed by atoms with Crippen LogP contribution in [0.2, 0.25) is 0 Å². The Kier molecular flexibility index (Phi) is 5.31. The highest BCUT2D eigenvalue weighted by atomic mass is 16.1. The molecular weight excluding hydrogens is 214 g/mol. The maximum absolute atomic E-state index is 12.2. The summed E-state index contributed by atoms with van der Waals surface area (Å²) in [5.74, 6) is 0.642. The van der Waals surface area contributed by atoms with E-state index in [9.17, 15) is 9.59 Å². The third-order valence-corrected chi connectivity index (χ3v) is 4.17. The molecule has 17 heavy (non-hydrogen) atoms. The van der Waals surface area contributed by atoms with Crippen LogP contribution in [0.5, 0.6) is 0 Å². The van der Waals surface area contributed by atoms with Crippen molar-refractivity contribution in [2.75, 3.05) is 13.6 Å². The van der Waals surface area contributed by atoms with E-state index in [1.54, 1.807) is 6.92 Å². The second-order valence-corrected chi connectivity index (χ2v) is 5.41. The first kappa shape index (κ1) is 14.4. The minimum atomic E-state index is -0.0819. The predicted molar refractivity (Wildman–Crippen MR) is 68.9 cm³/mol. The second kappa shape index (κ2) is 6.29. The summed E-state index contributed by atoms with van der Waals surface area (Å²) in [7, 11) is 2.00. The number of hydrogen-bond donors (Lipinski definition) is 0. The van der Waals surface area contributed by atoms with Crippen molar-refractivity contribution in [1.82, 2.24) is 4.90 Å². The molecule has 0 saturated carbocycles. The van der Waals surface area contributed by atoms with Gasteiger partial charge in [-0.2, -0.15) is 0 Å². The Labute approximate surface area is 105 Å². The quantitative estimate of drug-likeness (QED) is 0.713. The fraction of sp³-hybridized carbons (Fsp3) is 0.857. The number of nitrogens with zero attached hydrogens (tertiary/aromatic N) is 1. The van der Waals surface area contributed by atoms with E-state index in [-0.39, 0.29) is 23.5 Å². The van der Waals surface area contributed by atoms with Crippen molar-refractivity contribution in [2.45, 2.75) is 52.5 Å². The minimum absolute atomic E-state index is 0.0564. The molecule has 1 rings (SSSR count). The fourth-order valence-electron chi connectivity index (χ4n) is 2.70. The van der Waals surface area contributed by atoms with E-state index >= 15 is 0 Å². The van der Waals surface area contributed by atoms with E-state index in [0.717, 1.165) is 25.8 Å². The third-order valence-electron chi connectivity index (χ3n) is 4.17. The lowest BCUT2D eigenvalue weighted by atomic mass is 9.83. The molecule has 1 aliphatic rings. The van der Waals surface area contributed by atoms with E-state index in [2.05, 4.69) is 18.7 Å². The fourth-order valence-corrected chi connectivity index (χ4v) is 2.70. The number of likely N-dealkylation sites (N-methyl/N-ethyl adjacent to an activating group) is 1. The van der Waals surface area contributed by atoms with E-state index in [0.29, 0.717) is 12.3 Å². The lowest BCUT2D eigenvalue weighted by molar-refractivity contribution is -0.130. The van der Waals surface area contributed by atoms with Gasteiger partial charge >= 0.3 is 0 Å². The van der Waals surface area contributed by atoms with Crippen molar-refractivity contribution in [3.8, 4) is 0 Å². The van der Waals surface area contributed by atoms with Gasteiger partial charge in [0.2, 0.25) is 0 Å². The van der Waals surface area contributed by atoms with Crippen LogP contribution in [0, 0.1) is 11.8 Å². The first-order valence-corrected chi connectivity index (χ1v) is 6.70. The number of ketones is 2. The molecule has 3 heteroatoms. The third kappa shape index (κ3) is 3.63. The second-order valence-electron chi connectivity index (χ2n) is 5.41. The van der Waals surface area contributed by atoms with E-state index in [1.165, 1.54) is 0 Å². The average Bonchev–Trinajstić information content (AvgIpc) is 2.70. The maximum Gasteiger partial charge on any atom is 0.150 e. The summed E-state index contributed by atoms with van der Waals surface area (Å²) in [6, 6.07) is 0.0564. The SMILES string of the molecule is CCC(C)C(CC(=O)C1CCCN1C)C(C)=O. The van der Waals surface area contributed by atoms with Crippen LogP contribution in [-0.4, -0.2) is 36.1 Å². The highest BCUT2D eigenvalue weighted by molar-refractivity contribution is 5.90. The summed E-state index contributed by atoms with van der Waals surface area (Å²) >= 11 is 0. The smallest absolute Gasteiger partial charge is 0.150 e. The summed E-state index contributed by atoms with van der Waals surface area (Å²) in [5.41, 5.74) is 0. The Hall–Kier alpha value is -0.700. The zero-order chi connectivity index (χ0) is 13.0. The van der Waals surface area contributed by atoms with Gasteiger partial charge in [0.15, 0.2) is 5.78 Å². The molecule has 98 valence electrons. The molecule has 3 atom stereocenters. The van der Waals surface area contributed by atoms with Crippen LogP contribution in [0.1, 0.15) is 46.5 Å². The van der Waals surface area contributed by atoms with Gasteiger partial charge in [-0.25, -0.2) is 0 Å². The predicted octanol–water partition coefficient (Wildman–Crippen LogP) is 2.29. The van der Waals surface area contributed by atoms with Crippen LogP contribution in [-0.2, 0) is 9.59 Å². The molecular formula is C14H25NO2. The highest BCUT2D eigenvalue weighted by Crippen LogP contribution is 2.24. The van der Waals surface area contributed by atoms with Crippen LogP contribution in [0.4, 0.5) is 0 Å². The van der Waals surface area contributed by atoms with Crippen LogP contribution >= 0.6 is 0 Å². The molecule has 1 heterocycles. The molecule has 1 aliphatic heterocycles. The van der Waals surface area contributed by atoms with Gasteiger partial charge in [0, 0.05) is 12.3 Å². The monoisotopic (exact) mass is 239 g/mol. The molecule has 1 fully saturated rings. The Morgan fingerprint density at radius 1 is 1.41 bits per heavy atom. The Morgan fingerprint density at radius 2 is 2.06 bits per heavy atom. The summed E-state index contributed by atoms with van der Waals surface area (Å²) in [4.78, 5) is 25.9. The van der Waals surface area contributed by atoms with Crippen LogP contribution in [0.15, 0.2) is 0 Å². The van der Waals surface area contributed by atoms with Crippen molar-refractivity contribution < 1.29 is 9.59 Å².